The Bertz CT molecular complexity index is 210. The fourth-order valence-electron chi connectivity index (χ4n) is 0.763. The molecule has 11 heavy (non-hydrogen) atoms. The van der Waals surface area contributed by atoms with Crippen LogP contribution in [-0.2, 0) is 0 Å². The van der Waals surface area contributed by atoms with Gasteiger partial charge in [-0.3, -0.25) is 0 Å². The van der Waals surface area contributed by atoms with Gasteiger partial charge in [-0.15, -0.1) is 0 Å². The van der Waals surface area contributed by atoms with Crippen molar-refractivity contribution in [3.8, 4) is 0 Å². The normalized spacial score (nSPS) is 11.5. The Hall–Kier alpha value is -1.04. The molecule has 0 heterocycles. The second-order valence-corrected chi connectivity index (χ2v) is 2.77. The van der Waals surface area contributed by atoms with Gasteiger partial charge in [-0.05, 0) is 31.9 Å². The van der Waals surface area contributed by atoms with Crippen LogP contribution < -0.4 is 0 Å². The molecule has 0 nitrogen and oxygen atoms in total. The summed E-state index contributed by atoms with van der Waals surface area (Å²) in [5.74, 6) is 0. The first kappa shape index (κ1) is 9.96. The first-order chi connectivity index (χ1) is 5.11. The first-order valence-corrected chi connectivity index (χ1v) is 3.72. The Morgan fingerprint density at radius 1 is 1.00 bits per heavy atom. The van der Waals surface area contributed by atoms with E-state index < -0.39 is 0 Å². The van der Waals surface area contributed by atoms with Crippen LogP contribution in [0.25, 0.3) is 0 Å². The third-order valence-electron chi connectivity index (χ3n) is 1.43. The molecular weight excluding hydrogens is 132 g/mol. The summed E-state index contributed by atoms with van der Waals surface area (Å²) >= 11 is 0. The van der Waals surface area contributed by atoms with E-state index in [2.05, 4.69) is 33.1 Å². The molecule has 0 aliphatic heterocycles. The van der Waals surface area contributed by atoms with Crippen LogP contribution in [-0.4, -0.2) is 0 Å². The van der Waals surface area contributed by atoms with E-state index in [4.69, 9.17) is 0 Å². The van der Waals surface area contributed by atoms with Gasteiger partial charge in [-0.2, -0.15) is 0 Å². The third kappa shape index (κ3) is 3.61. The predicted octanol–water partition coefficient (Wildman–Crippen LogP) is 3.64. The second kappa shape index (κ2) is 4.73. The molecule has 0 aromatic heterocycles. The van der Waals surface area contributed by atoms with Crippen molar-refractivity contribution in [2.45, 2.75) is 20.8 Å². The van der Waals surface area contributed by atoms with E-state index in [1.165, 1.54) is 11.1 Å². The molecule has 0 spiro atoms. The van der Waals surface area contributed by atoms with Crippen LogP contribution in [0.3, 0.4) is 0 Å². The highest BCUT2D eigenvalue weighted by Gasteiger charge is 1.89. The van der Waals surface area contributed by atoms with Crippen LogP contribution in [0.5, 0.6) is 0 Å². The van der Waals surface area contributed by atoms with Gasteiger partial charge < -0.3 is 0 Å². The predicted molar refractivity (Wildman–Crippen MR) is 52.5 cm³/mol. The topological polar surface area (TPSA) is 0 Å². The number of allylic oxidation sites excluding steroid dienone is 6. The van der Waals surface area contributed by atoms with Gasteiger partial charge in [-0.25, -0.2) is 0 Å². The molecule has 0 heteroatoms. The molecule has 0 aliphatic rings. The number of hydrogen-bond acceptors (Lipinski definition) is 0. The maximum absolute atomic E-state index is 3.73. The molecule has 0 amide bonds. The third-order valence-corrected chi connectivity index (χ3v) is 1.43. The molecule has 0 fully saturated rings. The van der Waals surface area contributed by atoms with Crippen molar-refractivity contribution in [3.05, 3.63) is 48.1 Å². The van der Waals surface area contributed by atoms with Gasteiger partial charge >= 0.3 is 0 Å². The zero-order valence-corrected chi connectivity index (χ0v) is 7.65. The Labute approximate surface area is 69.6 Å². The minimum Gasteiger partial charge on any atom is -0.0988 e. The van der Waals surface area contributed by atoms with Gasteiger partial charge in [0, 0.05) is 0 Å². The minimum atomic E-state index is 1.15. The quantitative estimate of drug-likeness (QED) is 0.536. The Balaban J connectivity index is 4.81. The Morgan fingerprint density at radius 3 is 1.82 bits per heavy atom. The molecule has 0 N–H and O–H groups in total. The molecular formula is C11H16. The van der Waals surface area contributed by atoms with E-state index in [9.17, 15) is 0 Å². The fraction of sp³-hybridized carbons (Fsp3) is 0.273. The Morgan fingerprint density at radius 2 is 1.55 bits per heavy atom. The smallest absolute Gasteiger partial charge is 0.0234 e. The van der Waals surface area contributed by atoms with Gasteiger partial charge in [0.05, 0.1) is 0 Å². The fourth-order valence-corrected chi connectivity index (χ4v) is 0.763. The van der Waals surface area contributed by atoms with E-state index in [1.54, 1.807) is 0 Å². The van der Waals surface area contributed by atoms with Gasteiger partial charge in [0.2, 0.25) is 0 Å². The molecule has 0 bridgehead atoms. The molecule has 0 aromatic rings. The van der Waals surface area contributed by atoms with Crippen LogP contribution in [0, 0.1) is 0 Å². The van der Waals surface area contributed by atoms with Crippen molar-refractivity contribution >= 4 is 0 Å². The molecule has 0 unspecified atom stereocenters. The van der Waals surface area contributed by atoms with Crippen molar-refractivity contribution < 1.29 is 0 Å². The van der Waals surface area contributed by atoms with Crippen LogP contribution in [0.4, 0.5) is 0 Å². The maximum atomic E-state index is 3.73. The van der Waals surface area contributed by atoms with Gasteiger partial charge in [-0.1, -0.05) is 37.0 Å². The highest BCUT2D eigenvalue weighted by molar-refractivity contribution is 5.39. The summed E-state index contributed by atoms with van der Waals surface area (Å²) in [6.45, 7) is 13.6. The summed E-state index contributed by atoms with van der Waals surface area (Å²) < 4.78 is 0. The SMILES string of the molecule is C=C/C(C)=C(\C=C)C=C(C)C. The van der Waals surface area contributed by atoms with Crippen LogP contribution in [0.2, 0.25) is 0 Å². The van der Waals surface area contributed by atoms with E-state index >= 15 is 0 Å². The lowest BCUT2D eigenvalue weighted by molar-refractivity contribution is 1.35. The maximum Gasteiger partial charge on any atom is -0.0234 e. The molecule has 0 atom stereocenters. The summed E-state index contributed by atoms with van der Waals surface area (Å²) in [4.78, 5) is 0. The molecule has 0 aliphatic carbocycles. The van der Waals surface area contributed by atoms with Crippen molar-refractivity contribution in [1.82, 2.24) is 0 Å². The standard InChI is InChI=1S/C11H16/c1-6-10(5)11(7-2)8-9(3)4/h6-8H,1-2H2,3-5H3/b11-10+. The zero-order valence-electron chi connectivity index (χ0n) is 7.65. The Kier molecular flexibility index (Phi) is 4.28. The minimum absolute atomic E-state index is 1.15. The summed E-state index contributed by atoms with van der Waals surface area (Å²) in [6.07, 6.45) is 5.80. The molecule has 0 radical (unpaired) electrons. The van der Waals surface area contributed by atoms with Gasteiger partial charge in [0.1, 0.15) is 0 Å². The summed E-state index contributed by atoms with van der Waals surface area (Å²) in [7, 11) is 0. The van der Waals surface area contributed by atoms with Gasteiger partial charge in [0.25, 0.3) is 0 Å². The molecule has 0 aromatic carbocycles. The largest absolute Gasteiger partial charge is 0.0988 e. The monoisotopic (exact) mass is 148 g/mol. The van der Waals surface area contributed by atoms with Crippen molar-refractivity contribution in [2.75, 3.05) is 0 Å². The lowest BCUT2D eigenvalue weighted by atomic mass is 10.1. The second-order valence-electron chi connectivity index (χ2n) is 2.77. The lowest BCUT2D eigenvalue weighted by Gasteiger charge is -1.98. The van der Waals surface area contributed by atoms with E-state index in [0.29, 0.717) is 0 Å². The average Bonchev–Trinajstić information content (AvgIpc) is 1.98. The number of hydrogen-bond donors (Lipinski definition) is 0. The lowest BCUT2D eigenvalue weighted by Crippen LogP contribution is -1.78. The summed E-state index contributed by atoms with van der Waals surface area (Å²) in [5, 5.41) is 0. The highest BCUT2D eigenvalue weighted by atomic mass is 14.0. The molecule has 0 rings (SSSR count). The van der Waals surface area contributed by atoms with E-state index in [0.717, 1.165) is 5.57 Å². The molecule has 0 saturated heterocycles. The number of rotatable bonds is 3. The van der Waals surface area contributed by atoms with Crippen molar-refractivity contribution in [1.29, 1.82) is 0 Å². The van der Waals surface area contributed by atoms with Crippen LogP contribution in [0.15, 0.2) is 48.1 Å². The van der Waals surface area contributed by atoms with Crippen LogP contribution >= 0.6 is 0 Å². The summed E-state index contributed by atoms with van der Waals surface area (Å²) in [6, 6.07) is 0. The van der Waals surface area contributed by atoms with E-state index in [1.807, 2.05) is 19.1 Å². The zero-order chi connectivity index (χ0) is 8.85. The average molecular weight is 148 g/mol. The first-order valence-electron chi connectivity index (χ1n) is 3.72. The molecule has 60 valence electrons. The van der Waals surface area contributed by atoms with Crippen LogP contribution in [0.1, 0.15) is 20.8 Å². The van der Waals surface area contributed by atoms with Crippen molar-refractivity contribution in [2.24, 2.45) is 0 Å². The van der Waals surface area contributed by atoms with Crippen molar-refractivity contribution in [3.63, 3.8) is 0 Å². The molecule has 0 saturated carbocycles. The highest BCUT2D eigenvalue weighted by Crippen LogP contribution is 2.09. The van der Waals surface area contributed by atoms with Gasteiger partial charge in [0.15, 0.2) is 0 Å². The van der Waals surface area contributed by atoms with E-state index in [-0.39, 0.29) is 0 Å². The summed E-state index contributed by atoms with van der Waals surface area (Å²) in [5.41, 5.74) is 3.60.